The summed E-state index contributed by atoms with van der Waals surface area (Å²) in [6.07, 6.45) is 0. The molecule has 0 radical (unpaired) electrons. The van der Waals surface area contributed by atoms with Crippen molar-refractivity contribution in [2.75, 3.05) is 4.90 Å². The van der Waals surface area contributed by atoms with Gasteiger partial charge >= 0.3 is 0 Å². The van der Waals surface area contributed by atoms with Crippen molar-refractivity contribution in [2.45, 2.75) is 0 Å². The molecule has 0 amide bonds. The quantitative estimate of drug-likeness (QED) is 0.200. The lowest BCUT2D eigenvalue weighted by Gasteiger charge is -2.27. The highest BCUT2D eigenvalue weighted by Gasteiger charge is 2.20. The maximum atomic E-state index is 6.40. The molecule has 220 valence electrons. The normalized spacial score (nSPS) is 11.8. The zero-order valence-electron chi connectivity index (χ0n) is 25.5. The molecule has 0 aliphatic carbocycles. The molecule has 0 aliphatic heterocycles. The topological polar surface area (TPSA) is 21.3 Å². The summed E-state index contributed by atoms with van der Waals surface area (Å²) in [4.78, 5) is 2.40. The molecular formula is C44H28N2O. The molecule has 8 aromatic carbocycles. The maximum Gasteiger partial charge on any atom is 0.143 e. The molecule has 10 aromatic rings. The van der Waals surface area contributed by atoms with Crippen molar-refractivity contribution in [3.8, 4) is 5.69 Å². The number of benzene rings is 8. The van der Waals surface area contributed by atoms with E-state index < -0.39 is 0 Å². The highest BCUT2D eigenvalue weighted by Crippen LogP contribution is 2.43. The number of aromatic nitrogens is 1. The van der Waals surface area contributed by atoms with Gasteiger partial charge in [0.1, 0.15) is 11.2 Å². The van der Waals surface area contributed by atoms with E-state index in [-0.39, 0.29) is 0 Å². The molecule has 0 saturated carbocycles. The minimum absolute atomic E-state index is 0.916. The first-order chi connectivity index (χ1) is 23.3. The van der Waals surface area contributed by atoms with Crippen LogP contribution in [0.5, 0.6) is 0 Å². The third-order valence-electron chi connectivity index (χ3n) is 9.54. The van der Waals surface area contributed by atoms with Crippen molar-refractivity contribution in [1.82, 2.24) is 4.57 Å². The van der Waals surface area contributed by atoms with Crippen LogP contribution in [-0.4, -0.2) is 4.57 Å². The predicted octanol–water partition coefficient (Wildman–Crippen LogP) is 12.5. The number of nitrogens with zero attached hydrogens (tertiary/aromatic N) is 2. The number of fused-ring (bicyclic) bond motifs is 9. The number of para-hydroxylation sites is 3. The second-order valence-electron chi connectivity index (χ2n) is 12.2. The minimum atomic E-state index is 0.916. The van der Waals surface area contributed by atoms with Crippen LogP contribution in [-0.2, 0) is 0 Å². The molecule has 2 aromatic heterocycles. The van der Waals surface area contributed by atoms with Crippen molar-refractivity contribution in [3.63, 3.8) is 0 Å². The molecule has 0 fully saturated rings. The van der Waals surface area contributed by atoms with Crippen molar-refractivity contribution >= 4 is 82.4 Å². The highest BCUT2D eigenvalue weighted by atomic mass is 16.3. The Bertz CT molecular complexity index is 2800. The lowest BCUT2D eigenvalue weighted by Crippen LogP contribution is -2.10. The fourth-order valence-corrected chi connectivity index (χ4v) is 7.42. The molecule has 0 aliphatic rings. The van der Waals surface area contributed by atoms with Gasteiger partial charge in [-0.05, 0) is 83.6 Å². The van der Waals surface area contributed by atoms with Gasteiger partial charge in [-0.25, -0.2) is 0 Å². The van der Waals surface area contributed by atoms with Crippen LogP contribution in [0.3, 0.4) is 0 Å². The molecule has 3 nitrogen and oxygen atoms in total. The average Bonchev–Trinajstić information content (AvgIpc) is 3.68. The van der Waals surface area contributed by atoms with Crippen LogP contribution >= 0.6 is 0 Å². The molecule has 0 N–H and O–H groups in total. The lowest BCUT2D eigenvalue weighted by atomic mass is 10.0. The van der Waals surface area contributed by atoms with Gasteiger partial charge in [0, 0.05) is 49.4 Å². The number of hydrogen-bond donors (Lipinski definition) is 0. The molecule has 0 atom stereocenters. The van der Waals surface area contributed by atoms with Crippen molar-refractivity contribution in [2.24, 2.45) is 0 Å². The number of rotatable bonds is 4. The summed E-state index contributed by atoms with van der Waals surface area (Å²) in [5.74, 6) is 0. The summed E-state index contributed by atoms with van der Waals surface area (Å²) in [5, 5.41) is 9.41. The molecule has 0 bridgehead atoms. The van der Waals surface area contributed by atoms with Crippen LogP contribution in [0.25, 0.3) is 71.0 Å². The first kappa shape index (κ1) is 26.0. The summed E-state index contributed by atoms with van der Waals surface area (Å²) < 4.78 is 8.77. The first-order valence-corrected chi connectivity index (χ1v) is 16.0. The van der Waals surface area contributed by atoms with Crippen LogP contribution in [0, 0.1) is 0 Å². The second-order valence-corrected chi connectivity index (χ2v) is 12.2. The van der Waals surface area contributed by atoms with Gasteiger partial charge in [-0.3, -0.25) is 0 Å². The molecular weight excluding hydrogens is 572 g/mol. The number of hydrogen-bond acceptors (Lipinski definition) is 2. The Hall–Kier alpha value is -6.32. The van der Waals surface area contributed by atoms with Gasteiger partial charge < -0.3 is 13.9 Å². The Balaban J connectivity index is 1.23. The lowest BCUT2D eigenvalue weighted by molar-refractivity contribution is 0.672. The van der Waals surface area contributed by atoms with E-state index in [2.05, 4.69) is 167 Å². The van der Waals surface area contributed by atoms with Crippen LogP contribution in [0.4, 0.5) is 17.1 Å². The second kappa shape index (κ2) is 10.1. The monoisotopic (exact) mass is 600 g/mol. The summed E-state index contributed by atoms with van der Waals surface area (Å²) in [6.45, 7) is 0. The number of anilines is 3. The van der Waals surface area contributed by atoms with E-state index in [0.29, 0.717) is 0 Å². The zero-order valence-corrected chi connectivity index (χ0v) is 25.5. The van der Waals surface area contributed by atoms with Crippen LogP contribution in [0.1, 0.15) is 0 Å². The SMILES string of the molecule is c1ccc(-n2c3ccccc3c3cc(N(c4ccc5c(ccc6c7ccccc7oc56)c4)c4cccc5ccccc45)ccc32)cc1. The minimum Gasteiger partial charge on any atom is -0.455 e. The van der Waals surface area contributed by atoms with Crippen molar-refractivity contribution in [1.29, 1.82) is 0 Å². The Morgan fingerprint density at radius 2 is 1.09 bits per heavy atom. The molecule has 47 heavy (non-hydrogen) atoms. The largest absolute Gasteiger partial charge is 0.455 e. The summed E-state index contributed by atoms with van der Waals surface area (Å²) in [6, 6.07) is 60.9. The van der Waals surface area contributed by atoms with Crippen molar-refractivity contribution < 1.29 is 4.42 Å². The maximum absolute atomic E-state index is 6.40. The van der Waals surface area contributed by atoms with Crippen LogP contribution < -0.4 is 4.90 Å². The van der Waals surface area contributed by atoms with Gasteiger partial charge in [0.15, 0.2) is 0 Å². The van der Waals surface area contributed by atoms with E-state index in [1.165, 1.54) is 32.6 Å². The molecule has 0 unspecified atom stereocenters. The van der Waals surface area contributed by atoms with Crippen LogP contribution in [0.2, 0.25) is 0 Å². The van der Waals surface area contributed by atoms with E-state index in [1.54, 1.807) is 0 Å². The highest BCUT2D eigenvalue weighted by molar-refractivity contribution is 6.16. The van der Waals surface area contributed by atoms with E-state index >= 15 is 0 Å². The summed E-state index contributed by atoms with van der Waals surface area (Å²) in [5.41, 5.74) is 8.72. The van der Waals surface area contributed by atoms with Gasteiger partial charge in [0.25, 0.3) is 0 Å². The molecule has 3 heteroatoms. The van der Waals surface area contributed by atoms with E-state index in [0.717, 1.165) is 55.5 Å². The Kier molecular flexibility index (Phi) is 5.57. The Morgan fingerprint density at radius 1 is 0.404 bits per heavy atom. The van der Waals surface area contributed by atoms with E-state index in [4.69, 9.17) is 4.42 Å². The summed E-state index contributed by atoms with van der Waals surface area (Å²) in [7, 11) is 0. The predicted molar refractivity (Wildman–Crippen MR) is 198 cm³/mol. The van der Waals surface area contributed by atoms with Gasteiger partial charge in [-0.2, -0.15) is 0 Å². The average molecular weight is 601 g/mol. The Labute approximate surface area is 271 Å². The molecule has 0 saturated heterocycles. The molecule has 0 spiro atoms. The van der Waals surface area contributed by atoms with E-state index in [9.17, 15) is 0 Å². The molecule has 2 heterocycles. The summed E-state index contributed by atoms with van der Waals surface area (Å²) >= 11 is 0. The van der Waals surface area contributed by atoms with Gasteiger partial charge in [0.05, 0.1) is 16.7 Å². The van der Waals surface area contributed by atoms with Crippen molar-refractivity contribution in [3.05, 3.63) is 170 Å². The molecule has 10 rings (SSSR count). The smallest absolute Gasteiger partial charge is 0.143 e. The third kappa shape index (κ3) is 3.93. The standard InChI is InChI=1S/C44H28N2O/c1-2-13-31(14-3-1)46-41-18-8-6-16-36(41)39-28-33(23-26-42(39)46)45(40-19-10-12-29-11-4-5-15-34(29)40)32-22-25-35-30(27-32)21-24-38-37-17-7-9-20-43(37)47-44(35)38/h1-28H. The Morgan fingerprint density at radius 3 is 2.00 bits per heavy atom. The van der Waals surface area contributed by atoms with E-state index in [1.807, 2.05) is 12.1 Å². The van der Waals surface area contributed by atoms with Gasteiger partial charge in [-0.1, -0.05) is 97.1 Å². The first-order valence-electron chi connectivity index (χ1n) is 16.0. The number of furan rings is 1. The third-order valence-corrected chi connectivity index (χ3v) is 9.54. The van der Waals surface area contributed by atoms with Gasteiger partial charge in [-0.15, -0.1) is 0 Å². The van der Waals surface area contributed by atoms with Crippen LogP contribution in [0.15, 0.2) is 174 Å². The fourth-order valence-electron chi connectivity index (χ4n) is 7.42. The van der Waals surface area contributed by atoms with Gasteiger partial charge in [0.2, 0.25) is 0 Å². The zero-order chi connectivity index (χ0) is 30.9. The fraction of sp³-hybridized carbons (Fsp3) is 0.